The minimum absolute atomic E-state index is 0.206. The smallest absolute Gasteiger partial charge is 0.267 e. The van der Waals surface area contributed by atoms with Crippen LogP contribution in [0.4, 0.5) is 4.48 Å². The molecule has 3 nitrogen and oxygen atoms in total. The molecule has 15 heavy (non-hydrogen) atoms. The highest BCUT2D eigenvalue weighted by molar-refractivity contribution is 7.13. The summed E-state index contributed by atoms with van der Waals surface area (Å²) in [5, 5.41) is 1.94. The molecule has 0 unspecified atom stereocenters. The SMILES string of the molecule is O=C(NF)c1ccc(-c2cccs2)nc1. The summed E-state index contributed by atoms with van der Waals surface area (Å²) in [6, 6.07) is 7.08. The first-order valence-electron chi connectivity index (χ1n) is 4.22. The van der Waals surface area contributed by atoms with E-state index in [4.69, 9.17) is 0 Å². The third-order valence-electron chi connectivity index (χ3n) is 1.89. The molecule has 1 N–H and O–H groups in total. The average Bonchev–Trinajstić information content (AvgIpc) is 2.82. The predicted molar refractivity (Wildman–Crippen MR) is 56.1 cm³/mol. The van der Waals surface area contributed by atoms with Gasteiger partial charge in [-0.3, -0.25) is 9.78 Å². The van der Waals surface area contributed by atoms with E-state index in [0.717, 1.165) is 16.1 Å². The molecule has 2 rings (SSSR count). The highest BCUT2D eigenvalue weighted by atomic mass is 32.1. The van der Waals surface area contributed by atoms with Gasteiger partial charge in [-0.05, 0) is 23.6 Å². The zero-order valence-corrected chi connectivity index (χ0v) is 8.42. The van der Waals surface area contributed by atoms with E-state index in [-0.39, 0.29) is 5.56 Å². The molecule has 0 radical (unpaired) electrons. The van der Waals surface area contributed by atoms with Gasteiger partial charge in [0, 0.05) is 6.20 Å². The van der Waals surface area contributed by atoms with Crippen LogP contribution < -0.4 is 5.54 Å². The van der Waals surface area contributed by atoms with Crippen LogP contribution in [0.2, 0.25) is 0 Å². The third kappa shape index (κ3) is 2.02. The maximum absolute atomic E-state index is 11.8. The lowest BCUT2D eigenvalue weighted by Crippen LogP contribution is -2.13. The van der Waals surface area contributed by atoms with E-state index in [1.165, 1.54) is 12.3 Å². The summed E-state index contributed by atoms with van der Waals surface area (Å²) < 4.78 is 11.8. The topological polar surface area (TPSA) is 42.0 Å². The van der Waals surface area contributed by atoms with Crippen molar-refractivity contribution in [1.29, 1.82) is 0 Å². The molecule has 0 atom stereocenters. The molecule has 0 fully saturated rings. The molecular weight excluding hydrogens is 215 g/mol. The Balaban J connectivity index is 2.29. The van der Waals surface area contributed by atoms with Crippen molar-refractivity contribution in [2.45, 2.75) is 0 Å². The Labute approximate surface area is 89.5 Å². The number of rotatable bonds is 2. The van der Waals surface area contributed by atoms with E-state index in [0.29, 0.717) is 0 Å². The van der Waals surface area contributed by atoms with Gasteiger partial charge < -0.3 is 0 Å². The Bertz CT molecular complexity index is 453. The van der Waals surface area contributed by atoms with Crippen molar-refractivity contribution in [1.82, 2.24) is 10.5 Å². The number of halogens is 1. The van der Waals surface area contributed by atoms with Crippen LogP contribution in [0.5, 0.6) is 0 Å². The summed E-state index contributed by atoms with van der Waals surface area (Å²) in [4.78, 5) is 16.0. The van der Waals surface area contributed by atoms with Crippen molar-refractivity contribution in [3.05, 3.63) is 41.4 Å². The molecule has 0 spiro atoms. The number of pyridine rings is 1. The van der Waals surface area contributed by atoms with E-state index >= 15 is 0 Å². The Morgan fingerprint density at radius 2 is 2.27 bits per heavy atom. The van der Waals surface area contributed by atoms with Gasteiger partial charge in [-0.25, -0.2) is 0 Å². The Kier molecular flexibility index (Phi) is 2.73. The number of amides is 1. The fraction of sp³-hybridized carbons (Fsp3) is 0. The van der Waals surface area contributed by atoms with E-state index < -0.39 is 5.91 Å². The monoisotopic (exact) mass is 222 g/mol. The molecule has 2 aromatic heterocycles. The predicted octanol–water partition coefficient (Wildman–Crippen LogP) is 2.42. The van der Waals surface area contributed by atoms with Crippen molar-refractivity contribution in [2.75, 3.05) is 0 Å². The molecule has 76 valence electrons. The number of thiophene rings is 1. The van der Waals surface area contributed by atoms with Crippen LogP contribution in [0.3, 0.4) is 0 Å². The standard InChI is InChI=1S/C10H7FN2OS/c11-13-10(14)7-3-4-8(12-6-7)9-2-1-5-15-9/h1-6H,(H,13,14). The van der Waals surface area contributed by atoms with Gasteiger partial charge in [0.1, 0.15) is 0 Å². The van der Waals surface area contributed by atoms with Crippen molar-refractivity contribution < 1.29 is 9.28 Å². The average molecular weight is 222 g/mol. The molecule has 0 bridgehead atoms. The number of hydrogen-bond acceptors (Lipinski definition) is 3. The van der Waals surface area contributed by atoms with Gasteiger partial charge in [0.25, 0.3) is 5.91 Å². The second kappa shape index (κ2) is 4.18. The summed E-state index contributed by atoms with van der Waals surface area (Å²) in [6.07, 6.45) is 1.35. The molecule has 2 aromatic rings. The number of hydrogen-bond donors (Lipinski definition) is 1. The van der Waals surface area contributed by atoms with E-state index in [9.17, 15) is 9.28 Å². The van der Waals surface area contributed by atoms with Gasteiger partial charge in [0.15, 0.2) is 0 Å². The van der Waals surface area contributed by atoms with E-state index in [1.807, 2.05) is 17.5 Å². The lowest BCUT2D eigenvalue weighted by atomic mass is 10.2. The van der Waals surface area contributed by atoms with Gasteiger partial charge in [0.05, 0.1) is 16.1 Å². The van der Waals surface area contributed by atoms with Crippen LogP contribution in [0.15, 0.2) is 35.8 Å². The Morgan fingerprint density at radius 3 is 2.80 bits per heavy atom. The van der Waals surface area contributed by atoms with Crippen molar-refractivity contribution in [2.24, 2.45) is 0 Å². The van der Waals surface area contributed by atoms with Gasteiger partial charge >= 0.3 is 0 Å². The molecule has 0 saturated carbocycles. The molecule has 0 aliphatic heterocycles. The molecule has 0 aliphatic carbocycles. The number of carbonyl (C=O) groups excluding carboxylic acids is 1. The lowest BCUT2D eigenvalue weighted by Gasteiger charge is -1.98. The summed E-state index contributed by atoms with van der Waals surface area (Å²) >= 11 is 1.56. The minimum Gasteiger partial charge on any atom is -0.267 e. The van der Waals surface area contributed by atoms with Crippen LogP contribution in [0.25, 0.3) is 10.6 Å². The first-order chi connectivity index (χ1) is 7.31. The van der Waals surface area contributed by atoms with Crippen LogP contribution >= 0.6 is 11.3 Å². The van der Waals surface area contributed by atoms with E-state index in [2.05, 4.69) is 4.98 Å². The van der Waals surface area contributed by atoms with Gasteiger partial charge in [-0.2, -0.15) is 5.54 Å². The zero-order valence-electron chi connectivity index (χ0n) is 7.61. The van der Waals surface area contributed by atoms with E-state index in [1.54, 1.807) is 17.4 Å². The molecule has 1 amide bonds. The van der Waals surface area contributed by atoms with Gasteiger partial charge in [0.2, 0.25) is 0 Å². The molecule has 0 aliphatic rings. The number of aromatic nitrogens is 1. The van der Waals surface area contributed by atoms with Crippen LogP contribution in [0, 0.1) is 0 Å². The van der Waals surface area contributed by atoms with Crippen molar-refractivity contribution >= 4 is 17.2 Å². The molecule has 0 saturated heterocycles. The van der Waals surface area contributed by atoms with Crippen LogP contribution in [-0.4, -0.2) is 10.9 Å². The second-order valence-electron chi connectivity index (χ2n) is 2.83. The third-order valence-corrected chi connectivity index (χ3v) is 2.78. The maximum atomic E-state index is 11.8. The summed E-state index contributed by atoms with van der Waals surface area (Å²) in [7, 11) is 0. The summed E-state index contributed by atoms with van der Waals surface area (Å²) in [6.45, 7) is 0. The molecule has 2 heterocycles. The first kappa shape index (κ1) is 9.79. The number of nitrogens with zero attached hydrogens (tertiary/aromatic N) is 1. The van der Waals surface area contributed by atoms with Crippen LogP contribution in [-0.2, 0) is 0 Å². The maximum Gasteiger partial charge on any atom is 0.280 e. The normalized spacial score (nSPS) is 9.93. The highest BCUT2D eigenvalue weighted by Gasteiger charge is 2.06. The van der Waals surface area contributed by atoms with Crippen molar-refractivity contribution in [3.8, 4) is 10.6 Å². The largest absolute Gasteiger partial charge is 0.280 e. The number of nitrogens with one attached hydrogen (secondary N) is 1. The fourth-order valence-electron chi connectivity index (χ4n) is 1.15. The van der Waals surface area contributed by atoms with Gasteiger partial charge in [-0.1, -0.05) is 10.5 Å². The Hall–Kier alpha value is -1.75. The molecule has 0 aromatic carbocycles. The molecular formula is C10H7FN2OS. The second-order valence-corrected chi connectivity index (χ2v) is 3.78. The van der Waals surface area contributed by atoms with Crippen molar-refractivity contribution in [3.63, 3.8) is 0 Å². The zero-order chi connectivity index (χ0) is 10.7. The number of carbonyl (C=O) groups is 1. The minimum atomic E-state index is -0.778. The summed E-state index contributed by atoms with van der Waals surface area (Å²) in [5.74, 6) is -0.778. The summed E-state index contributed by atoms with van der Waals surface area (Å²) in [5.41, 5.74) is 2.04. The van der Waals surface area contributed by atoms with Gasteiger partial charge in [-0.15, -0.1) is 11.3 Å². The first-order valence-corrected chi connectivity index (χ1v) is 5.10. The lowest BCUT2D eigenvalue weighted by molar-refractivity contribution is 0.0859. The Morgan fingerprint density at radius 1 is 1.40 bits per heavy atom. The van der Waals surface area contributed by atoms with Crippen LogP contribution in [0.1, 0.15) is 10.4 Å². The highest BCUT2D eigenvalue weighted by Crippen LogP contribution is 2.22. The fourth-order valence-corrected chi connectivity index (χ4v) is 1.86. The quantitative estimate of drug-likeness (QED) is 0.793. The molecule has 5 heteroatoms.